The largest absolute Gasteiger partial charge is 0.368 e. The molecule has 0 heterocycles. The Morgan fingerprint density at radius 1 is 1.50 bits per heavy atom. The van der Waals surface area contributed by atoms with E-state index in [1.165, 1.54) is 0 Å². The third-order valence-electron chi connectivity index (χ3n) is 2.98. The van der Waals surface area contributed by atoms with Gasteiger partial charge < -0.3 is 10.6 Å². The Balaban J connectivity index is 3.25. The number of rotatable bonds is 6. The van der Waals surface area contributed by atoms with Crippen LogP contribution in [0.4, 0.5) is 10.1 Å². The Morgan fingerprint density at radius 3 is 2.67 bits per heavy atom. The van der Waals surface area contributed by atoms with Crippen LogP contribution in [0.3, 0.4) is 0 Å². The van der Waals surface area contributed by atoms with E-state index in [0.29, 0.717) is 5.56 Å². The summed E-state index contributed by atoms with van der Waals surface area (Å²) in [7, 11) is 0. The zero-order valence-electron chi connectivity index (χ0n) is 11.5. The lowest BCUT2D eigenvalue weighted by Crippen LogP contribution is -2.26. The van der Waals surface area contributed by atoms with Gasteiger partial charge in [-0.2, -0.15) is 0 Å². The maximum atomic E-state index is 13.7. The standard InChI is InChI=1S/C15H23FN2/c1-5-7-18(8-6-2)15-9-11(3)14(16)10-13(15)12(4)17/h5,9-10,12H,1,6-8,17H2,2-4H3/t12-/m0/s1. The van der Waals surface area contributed by atoms with E-state index in [0.717, 1.165) is 30.8 Å². The second kappa shape index (κ2) is 6.55. The van der Waals surface area contributed by atoms with Crippen molar-refractivity contribution in [2.75, 3.05) is 18.0 Å². The molecule has 1 aromatic carbocycles. The molecule has 0 bridgehead atoms. The van der Waals surface area contributed by atoms with Gasteiger partial charge >= 0.3 is 0 Å². The van der Waals surface area contributed by atoms with E-state index in [1.807, 2.05) is 19.1 Å². The highest BCUT2D eigenvalue weighted by Gasteiger charge is 2.15. The minimum atomic E-state index is -0.193. The van der Waals surface area contributed by atoms with Gasteiger partial charge in [0.05, 0.1) is 0 Å². The van der Waals surface area contributed by atoms with Crippen LogP contribution in [0.2, 0.25) is 0 Å². The van der Waals surface area contributed by atoms with Crippen LogP contribution >= 0.6 is 0 Å². The summed E-state index contributed by atoms with van der Waals surface area (Å²) < 4.78 is 13.7. The number of halogens is 1. The van der Waals surface area contributed by atoms with E-state index >= 15 is 0 Å². The first-order valence-electron chi connectivity index (χ1n) is 6.42. The molecule has 0 aliphatic carbocycles. The molecule has 18 heavy (non-hydrogen) atoms. The SMILES string of the molecule is C=CCN(CCC)c1cc(C)c(F)cc1[C@H](C)N. The number of nitrogens with zero attached hydrogens (tertiary/aromatic N) is 1. The quantitative estimate of drug-likeness (QED) is 0.782. The molecule has 1 rings (SSSR count). The molecule has 1 aromatic rings. The van der Waals surface area contributed by atoms with Gasteiger partial charge in [-0.3, -0.25) is 0 Å². The molecular weight excluding hydrogens is 227 g/mol. The van der Waals surface area contributed by atoms with Crippen molar-refractivity contribution in [2.45, 2.75) is 33.2 Å². The van der Waals surface area contributed by atoms with Crippen molar-refractivity contribution < 1.29 is 4.39 Å². The maximum absolute atomic E-state index is 13.7. The van der Waals surface area contributed by atoms with Crippen molar-refractivity contribution in [1.82, 2.24) is 0 Å². The summed E-state index contributed by atoms with van der Waals surface area (Å²) in [5, 5.41) is 0. The topological polar surface area (TPSA) is 29.3 Å². The van der Waals surface area contributed by atoms with Gasteiger partial charge in [-0.25, -0.2) is 4.39 Å². The van der Waals surface area contributed by atoms with E-state index < -0.39 is 0 Å². The molecule has 0 saturated carbocycles. The number of nitrogens with two attached hydrogens (primary N) is 1. The molecule has 2 N–H and O–H groups in total. The van der Waals surface area contributed by atoms with Crippen molar-refractivity contribution >= 4 is 5.69 Å². The minimum Gasteiger partial charge on any atom is -0.368 e. The summed E-state index contributed by atoms with van der Waals surface area (Å²) >= 11 is 0. The van der Waals surface area contributed by atoms with Crippen LogP contribution < -0.4 is 10.6 Å². The first-order valence-corrected chi connectivity index (χ1v) is 6.42. The average Bonchev–Trinajstić information content (AvgIpc) is 2.31. The average molecular weight is 250 g/mol. The van der Waals surface area contributed by atoms with Crippen LogP contribution in [-0.2, 0) is 0 Å². The Morgan fingerprint density at radius 2 is 2.17 bits per heavy atom. The number of aryl methyl sites for hydroxylation is 1. The Kier molecular flexibility index (Phi) is 5.35. The predicted molar refractivity (Wildman–Crippen MR) is 76.4 cm³/mol. The summed E-state index contributed by atoms with van der Waals surface area (Å²) in [6, 6.07) is 3.26. The zero-order chi connectivity index (χ0) is 13.7. The van der Waals surface area contributed by atoms with Crippen molar-refractivity contribution in [3.05, 3.63) is 41.7 Å². The lowest BCUT2D eigenvalue weighted by atomic mass is 10.0. The van der Waals surface area contributed by atoms with Crippen LogP contribution in [0.1, 0.15) is 37.4 Å². The van der Waals surface area contributed by atoms with Gasteiger partial charge in [-0.15, -0.1) is 6.58 Å². The normalized spacial score (nSPS) is 12.3. The number of benzene rings is 1. The second-order valence-corrected chi connectivity index (χ2v) is 4.68. The van der Waals surface area contributed by atoms with Crippen LogP contribution in [0.5, 0.6) is 0 Å². The highest BCUT2D eigenvalue weighted by atomic mass is 19.1. The third-order valence-corrected chi connectivity index (χ3v) is 2.98. The maximum Gasteiger partial charge on any atom is 0.126 e. The first-order chi connectivity index (χ1) is 8.51. The van der Waals surface area contributed by atoms with Gasteiger partial charge in [0.2, 0.25) is 0 Å². The van der Waals surface area contributed by atoms with Gasteiger partial charge in [0.25, 0.3) is 0 Å². The molecule has 0 amide bonds. The number of anilines is 1. The Bertz CT molecular complexity index is 413. The van der Waals surface area contributed by atoms with Gasteiger partial charge in [-0.1, -0.05) is 13.0 Å². The van der Waals surface area contributed by atoms with Crippen LogP contribution in [0.15, 0.2) is 24.8 Å². The van der Waals surface area contributed by atoms with Crippen molar-refractivity contribution in [2.24, 2.45) is 5.73 Å². The summed E-state index contributed by atoms with van der Waals surface area (Å²) in [4.78, 5) is 2.19. The molecule has 2 nitrogen and oxygen atoms in total. The Labute approximate surface area is 109 Å². The summed E-state index contributed by atoms with van der Waals surface area (Å²) in [5.41, 5.74) is 8.47. The fourth-order valence-electron chi connectivity index (χ4n) is 2.06. The summed E-state index contributed by atoms with van der Waals surface area (Å²) in [5.74, 6) is -0.193. The number of hydrogen-bond donors (Lipinski definition) is 1. The summed E-state index contributed by atoms with van der Waals surface area (Å²) in [6.07, 6.45) is 2.89. The Hall–Kier alpha value is -1.35. The molecule has 0 radical (unpaired) electrons. The number of hydrogen-bond acceptors (Lipinski definition) is 2. The van der Waals surface area contributed by atoms with Gasteiger partial charge in [0.1, 0.15) is 5.82 Å². The minimum absolute atomic E-state index is 0.181. The van der Waals surface area contributed by atoms with E-state index in [1.54, 1.807) is 13.0 Å². The second-order valence-electron chi connectivity index (χ2n) is 4.68. The van der Waals surface area contributed by atoms with Gasteiger partial charge in [-0.05, 0) is 43.5 Å². The molecule has 0 unspecified atom stereocenters. The van der Waals surface area contributed by atoms with Crippen molar-refractivity contribution in [3.63, 3.8) is 0 Å². The molecule has 0 aliphatic heterocycles. The van der Waals surface area contributed by atoms with E-state index in [-0.39, 0.29) is 11.9 Å². The molecule has 0 fully saturated rings. The zero-order valence-corrected chi connectivity index (χ0v) is 11.5. The van der Waals surface area contributed by atoms with Crippen LogP contribution in [0, 0.1) is 12.7 Å². The molecular formula is C15H23FN2. The van der Waals surface area contributed by atoms with Gasteiger partial charge in [0.15, 0.2) is 0 Å². The monoisotopic (exact) mass is 250 g/mol. The predicted octanol–water partition coefficient (Wildman–Crippen LogP) is 3.56. The van der Waals surface area contributed by atoms with E-state index in [9.17, 15) is 4.39 Å². The lowest BCUT2D eigenvalue weighted by Gasteiger charge is -2.27. The van der Waals surface area contributed by atoms with E-state index in [4.69, 9.17) is 5.73 Å². The molecule has 100 valence electrons. The fourth-order valence-corrected chi connectivity index (χ4v) is 2.06. The van der Waals surface area contributed by atoms with Crippen molar-refractivity contribution in [1.29, 1.82) is 0 Å². The van der Waals surface area contributed by atoms with E-state index in [2.05, 4.69) is 18.4 Å². The molecule has 0 aromatic heterocycles. The highest BCUT2D eigenvalue weighted by Crippen LogP contribution is 2.28. The fraction of sp³-hybridized carbons (Fsp3) is 0.467. The summed E-state index contributed by atoms with van der Waals surface area (Å²) in [6.45, 7) is 11.2. The molecule has 3 heteroatoms. The highest BCUT2D eigenvalue weighted by molar-refractivity contribution is 5.57. The molecule has 0 aliphatic rings. The molecule has 0 saturated heterocycles. The lowest BCUT2D eigenvalue weighted by molar-refractivity contribution is 0.612. The smallest absolute Gasteiger partial charge is 0.126 e. The van der Waals surface area contributed by atoms with Crippen LogP contribution in [-0.4, -0.2) is 13.1 Å². The molecule has 1 atom stereocenters. The van der Waals surface area contributed by atoms with Crippen molar-refractivity contribution in [3.8, 4) is 0 Å². The molecule has 0 spiro atoms. The van der Waals surface area contributed by atoms with Gasteiger partial charge in [0, 0.05) is 24.8 Å². The third kappa shape index (κ3) is 3.33. The first kappa shape index (κ1) is 14.7. The van der Waals surface area contributed by atoms with Crippen LogP contribution in [0.25, 0.3) is 0 Å².